The van der Waals surface area contributed by atoms with Gasteiger partial charge in [0.2, 0.25) is 0 Å². The highest BCUT2D eigenvalue weighted by molar-refractivity contribution is 5.66. The lowest BCUT2D eigenvalue weighted by Crippen LogP contribution is -2.58. The minimum atomic E-state index is -0.980. The van der Waals surface area contributed by atoms with Gasteiger partial charge in [-0.2, -0.15) is 0 Å². The molecule has 150 valence electrons. The van der Waals surface area contributed by atoms with Gasteiger partial charge in [-0.1, -0.05) is 34.1 Å². The lowest BCUT2D eigenvalue weighted by Gasteiger charge is -2.62. The Labute approximate surface area is 159 Å². The van der Waals surface area contributed by atoms with Crippen LogP contribution in [0.1, 0.15) is 92.9 Å². The predicted octanol–water partition coefficient (Wildman–Crippen LogP) is 4.11. The van der Waals surface area contributed by atoms with Crippen LogP contribution in [-0.4, -0.2) is 17.5 Å². The first-order valence-corrected chi connectivity index (χ1v) is 10.3. The van der Waals surface area contributed by atoms with Crippen molar-refractivity contribution in [2.24, 2.45) is 28.6 Å². The first kappa shape index (κ1) is 21.2. The highest BCUT2D eigenvalue weighted by atomic mass is 16.6. The number of aliphatic carboxylic acids is 1. The van der Waals surface area contributed by atoms with Gasteiger partial charge in [-0.25, -0.2) is 0 Å². The van der Waals surface area contributed by atoms with Gasteiger partial charge in [0.15, 0.2) is 0 Å². The molecule has 2 fully saturated rings. The number of rotatable bonds is 6. The largest absolute Gasteiger partial charge is 0.550 e. The Morgan fingerprint density at radius 1 is 1.15 bits per heavy atom. The van der Waals surface area contributed by atoms with Crippen LogP contribution in [-0.2, 0) is 14.3 Å². The molecule has 0 aliphatic heterocycles. The smallest absolute Gasteiger partial charge is 0.303 e. The summed E-state index contributed by atoms with van der Waals surface area (Å²) in [5, 5.41) is 10.9. The number of carboxylic acid groups (broad SMARTS) is 1. The maximum Gasteiger partial charge on any atom is 0.303 e. The SMILES string of the molecule is CC(=O)O[C@]1(C)CC[C@@H]2C(C)(C)CCC[C@]2(C)[C@H]1CC[C@H](C)CC(=O)[O-]. The fraction of sp³-hybridized carbons (Fsp3) is 0.909. The molecule has 2 rings (SSSR count). The van der Waals surface area contributed by atoms with E-state index >= 15 is 0 Å². The van der Waals surface area contributed by atoms with Gasteiger partial charge in [0.05, 0.1) is 0 Å². The third kappa shape index (κ3) is 4.26. The van der Waals surface area contributed by atoms with Crippen LogP contribution in [0.2, 0.25) is 0 Å². The van der Waals surface area contributed by atoms with Crippen LogP contribution in [0.5, 0.6) is 0 Å². The number of fused-ring (bicyclic) bond motifs is 1. The number of hydrogen-bond acceptors (Lipinski definition) is 4. The van der Waals surface area contributed by atoms with Gasteiger partial charge in [-0.05, 0) is 74.5 Å². The zero-order valence-electron chi connectivity index (χ0n) is 17.5. The number of carboxylic acids is 1. The summed E-state index contributed by atoms with van der Waals surface area (Å²) >= 11 is 0. The molecule has 2 aliphatic rings. The molecule has 0 radical (unpaired) electrons. The van der Waals surface area contributed by atoms with Crippen LogP contribution in [0.15, 0.2) is 0 Å². The third-order valence-electron chi connectivity index (χ3n) is 7.58. The Morgan fingerprint density at radius 2 is 1.81 bits per heavy atom. The summed E-state index contributed by atoms with van der Waals surface area (Å²) < 4.78 is 5.92. The van der Waals surface area contributed by atoms with Gasteiger partial charge in [-0.15, -0.1) is 0 Å². The summed E-state index contributed by atoms with van der Waals surface area (Å²) in [6, 6.07) is 0. The maximum absolute atomic E-state index is 11.8. The summed E-state index contributed by atoms with van der Waals surface area (Å²) in [7, 11) is 0. The standard InChI is InChI=1S/C22H38O4/c1-15(14-19(24)25)8-9-18-21(5)12-7-11-20(3,4)17(21)10-13-22(18,6)26-16(2)23/h15,17-18H,7-14H2,1-6H3,(H,24,25)/p-1/t15-,17+,18+,21-,22+/m0/s1. The molecule has 4 nitrogen and oxygen atoms in total. The van der Waals surface area contributed by atoms with E-state index in [0.29, 0.717) is 11.3 Å². The Hall–Kier alpha value is -1.06. The molecule has 0 saturated heterocycles. The van der Waals surface area contributed by atoms with Crippen molar-refractivity contribution in [1.82, 2.24) is 0 Å². The van der Waals surface area contributed by atoms with Crippen molar-refractivity contribution in [2.45, 2.75) is 98.5 Å². The molecule has 0 unspecified atom stereocenters. The molecule has 0 bridgehead atoms. The molecule has 2 saturated carbocycles. The minimum Gasteiger partial charge on any atom is -0.550 e. The van der Waals surface area contributed by atoms with E-state index in [9.17, 15) is 14.7 Å². The topological polar surface area (TPSA) is 66.4 Å². The van der Waals surface area contributed by atoms with Crippen LogP contribution in [0.4, 0.5) is 0 Å². The summed E-state index contributed by atoms with van der Waals surface area (Å²) in [4.78, 5) is 22.8. The Bertz CT molecular complexity index is 540. The summed E-state index contributed by atoms with van der Waals surface area (Å²) in [6.07, 6.45) is 7.46. The molecule has 0 aromatic heterocycles. The molecule has 0 aromatic rings. The molecule has 0 amide bonds. The number of hydrogen-bond donors (Lipinski definition) is 0. The van der Waals surface area contributed by atoms with Gasteiger partial charge in [0.1, 0.15) is 5.60 Å². The van der Waals surface area contributed by atoms with E-state index in [1.165, 1.54) is 19.8 Å². The predicted molar refractivity (Wildman–Crippen MR) is 100 cm³/mol. The van der Waals surface area contributed by atoms with Crippen molar-refractivity contribution >= 4 is 11.9 Å². The first-order chi connectivity index (χ1) is 11.9. The summed E-state index contributed by atoms with van der Waals surface area (Å²) in [6.45, 7) is 12.8. The molecular weight excluding hydrogens is 328 g/mol. The Morgan fingerprint density at radius 3 is 2.38 bits per heavy atom. The highest BCUT2D eigenvalue weighted by Gasteiger charge is 2.59. The van der Waals surface area contributed by atoms with E-state index < -0.39 is 11.6 Å². The molecule has 0 aromatic carbocycles. The molecular formula is C22H37O4-. The molecule has 4 heteroatoms. The van der Waals surface area contributed by atoms with Gasteiger partial charge < -0.3 is 14.6 Å². The Kier molecular flexibility index (Phi) is 6.14. The minimum absolute atomic E-state index is 0.0853. The van der Waals surface area contributed by atoms with E-state index in [1.807, 2.05) is 6.92 Å². The number of ether oxygens (including phenoxy) is 1. The summed E-state index contributed by atoms with van der Waals surface area (Å²) in [5.41, 5.74) is -0.0174. The van der Waals surface area contributed by atoms with Gasteiger partial charge in [0.25, 0.3) is 0 Å². The first-order valence-electron chi connectivity index (χ1n) is 10.3. The van der Waals surface area contributed by atoms with Crippen LogP contribution in [0.25, 0.3) is 0 Å². The number of carbonyl (C=O) groups excluding carboxylic acids is 2. The molecule has 5 atom stereocenters. The Balaban J connectivity index is 2.29. The highest BCUT2D eigenvalue weighted by Crippen LogP contribution is 2.63. The van der Waals surface area contributed by atoms with E-state index in [4.69, 9.17) is 4.74 Å². The van der Waals surface area contributed by atoms with Crippen molar-refractivity contribution in [2.75, 3.05) is 0 Å². The number of esters is 1. The van der Waals surface area contributed by atoms with E-state index in [2.05, 4.69) is 27.7 Å². The molecule has 0 heterocycles. The monoisotopic (exact) mass is 365 g/mol. The third-order valence-corrected chi connectivity index (χ3v) is 7.58. The lowest BCUT2D eigenvalue weighted by atomic mass is 9.45. The summed E-state index contributed by atoms with van der Waals surface area (Å²) in [5.74, 6) is -0.221. The van der Waals surface area contributed by atoms with Crippen molar-refractivity contribution in [3.63, 3.8) is 0 Å². The van der Waals surface area contributed by atoms with Crippen molar-refractivity contribution in [1.29, 1.82) is 0 Å². The lowest BCUT2D eigenvalue weighted by molar-refractivity contribution is -0.306. The van der Waals surface area contributed by atoms with Crippen molar-refractivity contribution in [3.8, 4) is 0 Å². The fourth-order valence-corrected chi connectivity index (χ4v) is 6.53. The van der Waals surface area contributed by atoms with Crippen LogP contribution in [0.3, 0.4) is 0 Å². The van der Waals surface area contributed by atoms with Crippen LogP contribution < -0.4 is 5.11 Å². The zero-order chi connectivity index (χ0) is 19.8. The number of carbonyl (C=O) groups is 2. The van der Waals surface area contributed by atoms with Crippen molar-refractivity contribution in [3.05, 3.63) is 0 Å². The van der Waals surface area contributed by atoms with Gasteiger partial charge in [0, 0.05) is 18.8 Å². The molecule has 26 heavy (non-hydrogen) atoms. The van der Waals surface area contributed by atoms with Gasteiger partial charge >= 0.3 is 5.97 Å². The van der Waals surface area contributed by atoms with Gasteiger partial charge in [-0.3, -0.25) is 4.79 Å². The van der Waals surface area contributed by atoms with E-state index in [1.54, 1.807) is 0 Å². The second-order valence-electron chi connectivity index (χ2n) is 10.2. The quantitative estimate of drug-likeness (QED) is 0.665. The molecule has 0 N–H and O–H groups in total. The average molecular weight is 366 g/mol. The van der Waals surface area contributed by atoms with Crippen LogP contribution >= 0.6 is 0 Å². The van der Waals surface area contributed by atoms with Crippen molar-refractivity contribution < 1.29 is 19.4 Å². The zero-order valence-corrected chi connectivity index (χ0v) is 17.5. The maximum atomic E-state index is 11.8. The molecule has 0 spiro atoms. The van der Waals surface area contributed by atoms with E-state index in [-0.39, 0.29) is 29.6 Å². The second-order valence-corrected chi connectivity index (χ2v) is 10.2. The average Bonchev–Trinajstić information content (AvgIpc) is 2.43. The fourth-order valence-electron chi connectivity index (χ4n) is 6.53. The molecule has 2 aliphatic carbocycles. The van der Waals surface area contributed by atoms with Crippen LogP contribution in [0, 0.1) is 28.6 Å². The second kappa shape index (κ2) is 7.52. The normalized spacial score (nSPS) is 37.5. The van der Waals surface area contributed by atoms with E-state index in [0.717, 1.165) is 32.1 Å².